The van der Waals surface area contributed by atoms with Crippen molar-refractivity contribution < 1.29 is 19.4 Å². The monoisotopic (exact) mass is 303 g/mol. The summed E-state index contributed by atoms with van der Waals surface area (Å²) in [6, 6.07) is 8.35. The Balaban J connectivity index is 1.91. The van der Waals surface area contributed by atoms with Gasteiger partial charge in [-0.2, -0.15) is 0 Å². The van der Waals surface area contributed by atoms with E-state index >= 15 is 0 Å². The van der Waals surface area contributed by atoms with Gasteiger partial charge in [-0.3, -0.25) is 4.79 Å². The molecule has 21 heavy (non-hydrogen) atoms. The molecule has 2 aromatic rings. The molecule has 106 valence electrons. The number of carbonyl (C=O) groups excluding carboxylic acids is 1. The third kappa shape index (κ3) is 1.74. The Kier molecular flexibility index (Phi) is 2.53. The zero-order chi connectivity index (χ0) is 14.6. The number of phenolic OH excluding ortho intramolecular Hbond substituents is 1. The number of anilines is 1. The van der Waals surface area contributed by atoms with Gasteiger partial charge in [-0.1, -0.05) is 17.7 Å². The second-order valence-corrected chi connectivity index (χ2v) is 5.29. The van der Waals surface area contributed by atoms with Crippen molar-refractivity contribution in [3.8, 4) is 17.2 Å². The van der Waals surface area contributed by atoms with E-state index in [0.29, 0.717) is 33.3 Å². The van der Waals surface area contributed by atoms with Crippen LogP contribution in [0, 0.1) is 0 Å². The van der Waals surface area contributed by atoms with Gasteiger partial charge in [-0.05, 0) is 18.2 Å². The highest BCUT2D eigenvalue weighted by Gasteiger charge is 2.36. The van der Waals surface area contributed by atoms with Gasteiger partial charge < -0.3 is 19.9 Å². The number of rotatable bonds is 1. The molecule has 1 atom stereocenters. The summed E-state index contributed by atoms with van der Waals surface area (Å²) in [5.74, 6) is 0.0628. The first-order valence-corrected chi connectivity index (χ1v) is 6.75. The third-order valence-electron chi connectivity index (χ3n) is 3.69. The first-order chi connectivity index (χ1) is 10.1. The highest BCUT2D eigenvalue weighted by Crippen LogP contribution is 2.47. The van der Waals surface area contributed by atoms with Crippen LogP contribution < -0.4 is 14.8 Å². The Hall–Kier alpha value is -2.40. The molecule has 4 rings (SSSR count). The van der Waals surface area contributed by atoms with Gasteiger partial charge in [0.2, 0.25) is 12.7 Å². The number of ether oxygens (including phenoxy) is 2. The Morgan fingerprint density at radius 2 is 2.00 bits per heavy atom. The normalized spacial score (nSPS) is 18.5. The van der Waals surface area contributed by atoms with E-state index in [0.717, 1.165) is 0 Å². The van der Waals surface area contributed by atoms with E-state index in [2.05, 4.69) is 5.32 Å². The third-order valence-corrected chi connectivity index (χ3v) is 4.02. The lowest BCUT2D eigenvalue weighted by Crippen LogP contribution is -2.13. The molecular formula is C15H10ClNO4. The SMILES string of the molecule is O=C1Nc2cccc(Cl)c2C1c1cc2c(cc1O)OCO2. The lowest BCUT2D eigenvalue weighted by atomic mass is 9.91. The van der Waals surface area contributed by atoms with Gasteiger partial charge >= 0.3 is 0 Å². The second-order valence-electron chi connectivity index (χ2n) is 4.89. The summed E-state index contributed by atoms with van der Waals surface area (Å²) in [6.07, 6.45) is 0. The molecule has 0 aromatic heterocycles. The van der Waals surface area contributed by atoms with E-state index in [1.165, 1.54) is 6.07 Å². The van der Waals surface area contributed by atoms with Crippen molar-refractivity contribution in [2.24, 2.45) is 0 Å². The van der Waals surface area contributed by atoms with Crippen LogP contribution in [0.2, 0.25) is 5.02 Å². The summed E-state index contributed by atoms with van der Waals surface area (Å²) in [4.78, 5) is 12.3. The number of nitrogens with one attached hydrogen (secondary N) is 1. The molecule has 6 heteroatoms. The lowest BCUT2D eigenvalue weighted by molar-refractivity contribution is -0.116. The van der Waals surface area contributed by atoms with E-state index in [9.17, 15) is 9.90 Å². The molecule has 2 N–H and O–H groups in total. The van der Waals surface area contributed by atoms with Crippen molar-refractivity contribution in [3.05, 3.63) is 46.5 Å². The minimum absolute atomic E-state index is 0.0211. The highest BCUT2D eigenvalue weighted by atomic mass is 35.5. The zero-order valence-corrected chi connectivity index (χ0v) is 11.5. The Morgan fingerprint density at radius 1 is 1.24 bits per heavy atom. The van der Waals surface area contributed by atoms with Crippen molar-refractivity contribution >= 4 is 23.2 Å². The zero-order valence-electron chi connectivity index (χ0n) is 10.7. The van der Waals surface area contributed by atoms with E-state index in [1.54, 1.807) is 24.3 Å². The molecule has 2 heterocycles. The largest absolute Gasteiger partial charge is 0.507 e. The van der Waals surface area contributed by atoms with Crippen LogP contribution in [0.5, 0.6) is 17.2 Å². The maximum absolute atomic E-state index is 12.3. The molecule has 5 nitrogen and oxygen atoms in total. The molecule has 1 amide bonds. The Morgan fingerprint density at radius 3 is 2.81 bits per heavy atom. The molecule has 0 bridgehead atoms. The average molecular weight is 304 g/mol. The fourth-order valence-electron chi connectivity index (χ4n) is 2.75. The number of halogens is 1. The van der Waals surface area contributed by atoms with Crippen LogP contribution in [0.15, 0.2) is 30.3 Å². The van der Waals surface area contributed by atoms with Crippen LogP contribution in [0.4, 0.5) is 5.69 Å². The van der Waals surface area contributed by atoms with Crippen molar-refractivity contribution in [2.75, 3.05) is 12.1 Å². The standard InChI is InChI=1S/C15H10ClNO4/c16-8-2-1-3-9-14(8)13(15(19)17-9)7-4-11-12(5-10(7)18)21-6-20-11/h1-5,13,18H,6H2,(H,17,19). The summed E-state index contributed by atoms with van der Waals surface area (Å²) in [5.41, 5.74) is 1.77. The highest BCUT2D eigenvalue weighted by molar-refractivity contribution is 6.33. The molecule has 2 aromatic carbocycles. The van der Waals surface area contributed by atoms with Crippen LogP contribution in [0.1, 0.15) is 17.0 Å². The molecular weight excluding hydrogens is 294 g/mol. The number of hydrogen-bond acceptors (Lipinski definition) is 4. The first-order valence-electron chi connectivity index (χ1n) is 6.37. The van der Waals surface area contributed by atoms with E-state index in [-0.39, 0.29) is 18.4 Å². The lowest BCUT2D eigenvalue weighted by Gasteiger charge is -2.13. The summed E-state index contributed by atoms with van der Waals surface area (Å²) in [6.45, 7) is 0.104. The van der Waals surface area contributed by atoms with E-state index in [1.807, 2.05) is 0 Å². The van der Waals surface area contributed by atoms with Gasteiger partial charge in [0.05, 0.1) is 5.92 Å². The van der Waals surface area contributed by atoms with Gasteiger partial charge in [0.15, 0.2) is 11.5 Å². The summed E-state index contributed by atoms with van der Waals surface area (Å²) < 4.78 is 10.5. The fraction of sp³-hybridized carbons (Fsp3) is 0.133. The van der Waals surface area contributed by atoms with Gasteiger partial charge in [0.25, 0.3) is 0 Å². The number of fused-ring (bicyclic) bond motifs is 2. The summed E-state index contributed by atoms with van der Waals surface area (Å²) >= 11 is 6.22. The number of phenols is 1. The van der Waals surface area contributed by atoms with Crippen LogP contribution in [0.3, 0.4) is 0 Å². The van der Waals surface area contributed by atoms with Gasteiger partial charge in [0, 0.05) is 27.9 Å². The number of aromatic hydroxyl groups is 1. The van der Waals surface area contributed by atoms with Crippen LogP contribution in [-0.4, -0.2) is 17.8 Å². The smallest absolute Gasteiger partial charge is 0.236 e. The van der Waals surface area contributed by atoms with Gasteiger partial charge in [-0.15, -0.1) is 0 Å². The molecule has 0 aliphatic carbocycles. The number of carbonyl (C=O) groups is 1. The fourth-order valence-corrected chi connectivity index (χ4v) is 3.03. The van der Waals surface area contributed by atoms with Gasteiger partial charge in [0.1, 0.15) is 5.75 Å². The molecule has 2 aliphatic rings. The Bertz CT molecular complexity index is 775. The van der Waals surface area contributed by atoms with Crippen molar-refractivity contribution in [1.82, 2.24) is 0 Å². The molecule has 2 aliphatic heterocycles. The van der Waals surface area contributed by atoms with Crippen molar-refractivity contribution in [1.29, 1.82) is 0 Å². The number of hydrogen-bond donors (Lipinski definition) is 2. The van der Waals surface area contributed by atoms with Crippen LogP contribution >= 0.6 is 11.6 Å². The number of amides is 1. The van der Waals surface area contributed by atoms with Crippen LogP contribution in [-0.2, 0) is 4.79 Å². The first kappa shape index (κ1) is 12.3. The minimum Gasteiger partial charge on any atom is -0.507 e. The number of benzene rings is 2. The maximum atomic E-state index is 12.3. The molecule has 0 fully saturated rings. The second kappa shape index (κ2) is 4.30. The van der Waals surface area contributed by atoms with Crippen molar-refractivity contribution in [2.45, 2.75) is 5.92 Å². The summed E-state index contributed by atoms with van der Waals surface area (Å²) in [7, 11) is 0. The minimum atomic E-state index is -0.664. The quantitative estimate of drug-likeness (QED) is 0.850. The average Bonchev–Trinajstić information content (AvgIpc) is 3.01. The topological polar surface area (TPSA) is 67.8 Å². The molecule has 0 radical (unpaired) electrons. The molecule has 0 spiro atoms. The molecule has 1 unspecified atom stereocenters. The summed E-state index contributed by atoms with van der Waals surface area (Å²) in [5, 5.41) is 13.5. The predicted octanol–water partition coefficient (Wildman–Crippen LogP) is 2.86. The molecule has 0 saturated heterocycles. The van der Waals surface area contributed by atoms with Gasteiger partial charge in [-0.25, -0.2) is 0 Å². The van der Waals surface area contributed by atoms with E-state index in [4.69, 9.17) is 21.1 Å². The van der Waals surface area contributed by atoms with Crippen LogP contribution in [0.25, 0.3) is 0 Å². The molecule has 0 saturated carbocycles. The predicted molar refractivity (Wildman–Crippen MR) is 76.2 cm³/mol. The van der Waals surface area contributed by atoms with Crippen molar-refractivity contribution in [3.63, 3.8) is 0 Å². The Labute approximate surface area is 125 Å². The van der Waals surface area contributed by atoms with E-state index < -0.39 is 5.92 Å². The maximum Gasteiger partial charge on any atom is 0.236 e.